The van der Waals surface area contributed by atoms with Crippen LogP contribution >= 0.6 is 0 Å². The summed E-state index contributed by atoms with van der Waals surface area (Å²) in [5, 5.41) is 12.3. The van der Waals surface area contributed by atoms with Gasteiger partial charge in [0.15, 0.2) is 0 Å². The van der Waals surface area contributed by atoms with Gasteiger partial charge in [0.25, 0.3) is 0 Å². The molecule has 0 amide bonds. The third-order valence-corrected chi connectivity index (χ3v) is 3.34. The summed E-state index contributed by atoms with van der Waals surface area (Å²) in [6.45, 7) is 8.51. The fraction of sp³-hybridized carbons (Fsp3) is 0.412. The number of hydrogen-bond donors (Lipinski definition) is 1. The van der Waals surface area contributed by atoms with Crippen LogP contribution in [0.25, 0.3) is 0 Å². The molecule has 2 heterocycles. The van der Waals surface area contributed by atoms with Gasteiger partial charge in [-0.15, -0.1) is 0 Å². The highest BCUT2D eigenvalue weighted by Gasteiger charge is 2.29. The molecule has 0 saturated heterocycles. The van der Waals surface area contributed by atoms with Gasteiger partial charge in [0.05, 0.1) is 6.04 Å². The number of anilines is 1. The Morgan fingerprint density at radius 1 is 1.29 bits per heavy atom. The summed E-state index contributed by atoms with van der Waals surface area (Å²) >= 11 is 0. The van der Waals surface area contributed by atoms with E-state index >= 15 is 0 Å². The maximum absolute atomic E-state index is 8.95. The second-order valence-corrected chi connectivity index (χ2v) is 6.12. The van der Waals surface area contributed by atoms with Gasteiger partial charge < -0.3 is 9.73 Å². The molecule has 1 atom stereocenters. The predicted octanol–water partition coefficient (Wildman–Crippen LogP) is 4.31. The molecule has 0 aromatic carbocycles. The molecule has 21 heavy (non-hydrogen) atoms. The van der Waals surface area contributed by atoms with E-state index in [-0.39, 0.29) is 11.5 Å². The zero-order valence-corrected chi connectivity index (χ0v) is 13.0. The highest BCUT2D eigenvalue weighted by Crippen LogP contribution is 2.36. The molecule has 0 bridgehead atoms. The Bertz CT molecular complexity index is 647. The van der Waals surface area contributed by atoms with Crippen LogP contribution < -0.4 is 5.32 Å². The van der Waals surface area contributed by atoms with Crippen molar-refractivity contribution >= 4 is 5.82 Å². The van der Waals surface area contributed by atoms with E-state index in [4.69, 9.17) is 9.68 Å². The standard InChI is InChI=1S/C17H21N3O/c1-5-13-9-10-14(21-13)16(17(2,3)4)20-15-8-6-7-12(11-18)19-15/h6-10,16H,5H2,1-4H3,(H,19,20). The van der Waals surface area contributed by atoms with Crippen LogP contribution in [0.1, 0.15) is 51.0 Å². The largest absolute Gasteiger partial charge is 0.464 e. The van der Waals surface area contributed by atoms with Crippen molar-refractivity contribution in [2.45, 2.75) is 40.2 Å². The summed E-state index contributed by atoms with van der Waals surface area (Å²) in [5.74, 6) is 2.55. The average Bonchev–Trinajstić information content (AvgIpc) is 2.92. The molecule has 110 valence electrons. The fourth-order valence-electron chi connectivity index (χ4n) is 2.18. The third kappa shape index (κ3) is 3.63. The molecule has 1 N–H and O–H groups in total. The first kappa shape index (κ1) is 15.1. The molecule has 0 aliphatic heterocycles. The number of aryl methyl sites for hydroxylation is 1. The fourth-order valence-corrected chi connectivity index (χ4v) is 2.18. The van der Waals surface area contributed by atoms with Gasteiger partial charge in [-0.1, -0.05) is 33.8 Å². The molecular weight excluding hydrogens is 262 g/mol. The van der Waals surface area contributed by atoms with Gasteiger partial charge in [-0.25, -0.2) is 4.98 Å². The van der Waals surface area contributed by atoms with E-state index in [2.05, 4.69) is 44.1 Å². The second kappa shape index (κ2) is 6.01. The molecule has 2 aromatic heterocycles. The summed E-state index contributed by atoms with van der Waals surface area (Å²) in [6, 6.07) is 11.4. The first-order chi connectivity index (χ1) is 9.94. The zero-order chi connectivity index (χ0) is 15.5. The van der Waals surface area contributed by atoms with E-state index in [1.165, 1.54) is 0 Å². The van der Waals surface area contributed by atoms with Crippen molar-refractivity contribution in [3.63, 3.8) is 0 Å². The minimum absolute atomic E-state index is 0.0146. The summed E-state index contributed by atoms with van der Waals surface area (Å²) in [6.07, 6.45) is 0.874. The van der Waals surface area contributed by atoms with Gasteiger partial charge in [0.1, 0.15) is 29.1 Å². The molecule has 0 fully saturated rings. The van der Waals surface area contributed by atoms with Crippen LogP contribution in [0, 0.1) is 16.7 Å². The minimum atomic E-state index is -0.0484. The lowest BCUT2D eigenvalue weighted by Gasteiger charge is -2.30. The first-order valence-electron chi connectivity index (χ1n) is 7.16. The van der Waals surface area contributed by atoms with Gasteiger partial charge in [0.2, 0.25) is 0 Å². The highest BCUT2D eigenvalue weighted by atomic mass is 16.3. The molecular formula is C17H21N3O. The molecule has 4 heteroatoms. The molecule has 0 radical (unpaired) electrons. The topological polar surface area (TPSA) is 61.9 Å². The normalized spacial score (nSPS) is 12.7. The van der Waals surface area contributed by atoms with Crippen LogP contribution in [0.2, 0.25) is 0 Å². The summed E-state index contributed by atoms with van der Waals surface area (Å²) < 4.78 is 5.89. The third-order valence-electron chi connectivity index (χ3n) is 3.34. The molecule has 0 aliphatic carbocycles. The smallest absolute Gasteiger partial charge is 0.142 e. The summed E-state index contributed by atoms with van der Waals surface area (Å²) in [7, 11) is 0. The summed E-state index contributed by atoms with van der Waals surface area (Å²) in [5.41, 5.74) is 0.356. The second-order valence-electron chi connectivity index (χ2n) is 6.12. The van der Waals surface area contributed by atoms with E-state index < -0.39 is 0 Å². The molecule has 4 nitrogen and oxygen atoms in total. The van der Waals surface area contributed by atoms with E-state index in [9.17, 15) is 0 Å². The van der Waals surface area contributed by atoms with Gasteiger partial charge in [-0.2, -0.15) is 5.26 Å². The Morgan fingerprint density at radius 3 is 2.62 bits per heavy atom. The number of furan rings is 1. The molecule has 2 aromatic rings. The van der Waals surface area contributed by atoms with Gasteiger partial charge >= 0.3 is 0 Å². The van der Waals surface area contributed by atoms with Crippen molar-refractivity contribution in [1.29, 1.82) is 5.26 Å². The summed E-state index contributed by atoms with van der Waals surface area (Å²) in [4.78, 5) is 4.28. The quantitative estimate of drug-likeness (QED) is 0.908. The molecule has 0 aliphatic rings. The van der Waals surface area contributed by atoms with Crippen LogP contribution in [0.5, 0.6) is 0 Å². The Balaban J connectivity index is 2.31. The number of nitriles is 1. The van der Waals surface area contributed by atoms with Gasteiger partial charge in [0, 0.05) is 6.42 Å². The molecule has 1 unspecified atom stereocenters. The van der Waals surface area contributed by atoms with E-state index in [0.29, 0.717) is 11.5 Å². The van der Waals surface area contributed by atoms with E-state index in [1.807, 2.05) is 24.3 Å². The Morgan fingerprint density at radius 2 is 2.05 bits per heavy atom. The lowest BCUT2D eigenvalue weighted by Crippen LogP contribution is -2.25. The average molecular weight is 283 g/mol. The highest BCUT2D eigenvalue weighted by molar-refractivity contribution is 5.41. The van der Waals surface area contributed by atoms with Crippen LogP contribution in [0.3, 0.4) is 0 Å². The number of hydrogen-bond acceptors (Lipinski definition) is 4. The van der Waals surface area contributed by atoms with Crippen molar-refractivity contribution in [3.8, 4) is 6.07 Å². The van der Waals surface area contributed by atoms with Crippen molar-refractivity contribution in [1.82, 2.24) is 4.98 Å². The zero-order valence-electron chi connectivity index (χ0n) is 13.0. The molecule has 2 rings (SSSR count). The van der Waals surface area contributed by atoms with Crippen molar-refractivity contribution in [2.75, 3.05) is 5.32 Å². The number of rotatable bonds is 4. The lowest BCUT2D eigenvalue weighted by molar-refractivity contribution is 0.298. The minimum Gasteiger partial charge on any atom is -0.464 e. The Hall–Kier alpha value is -2.28. The van der Waals surface area contributed by atoms with Crippen LogP contribution in [0.15, 0.2) is 34.7 Å². The number of pyridine rings is 1. The van der Waals surface area contributed by atoms with Crippen molar-refractivity contribution < 1.29 is 4.42 Å². The van der Waals surface area contributed by atoms with Crippen LogP contribution in [0.4, 0.5) is 5.82 Å². The lowest BCUT2D eigenvalue weighted by atomic mass is 9.85. The maximum atomic E-state index is 8.95. The Kier molecular flexibility index (Phi) is 4.32. The molecule has 0 saturated carbocycles. The number of nitrogens with zero attached hydrogens (tertiary/aromatic N) is 2. The SMILES string of the molecule is CCc1ccc(C(Nc2cccc(C#N)n2)C(C)(C)C)o1. The predicted molar refractivity (Wildman–Crippen MR) is 82.9 cm³/mol. The van der Waals surface area contributed by atoms with E-state index in [1.54, 1.807) is 6.07 Å². The van der Waals surface area contributed by atoms with Crippen LogP contribution in [-0.2, 0) is 6.42 Å². The molecule has 0 spiro atoms. The van der Waals surface area contributed by atoms with Gasteiger partial charge in [-0.3, -0.25) is 0 Å². The Labute approximate surface area is 125 Å². The van der Waals surface area contributed by atoms with E-state index in [0.717, 1.165) is 17.9 Å². The van der Waals surface area contributed by atoms with Crippen molar-refractivity contribution in [2.24, 2.45) is 5.41 Å². The number of aromatic nitrogens is 1. The van der Waals surface area contributed by atoms with Gasteiger partial charge in [-0.05, 0) is 29.7 Å². The number of nitrogens with one attached hydrogen (secondary N) is 1. The monoisotopic (exact) mass is 283 g/mol. The van der Waals surface area contributed by atoms with Crippen molar-refractivity contribution in [3.05, 3.63) is 47.5 Å². The van der Waals surface area contributed by atoms with Crippen LogP contribution in [-0.4, -0.2) is 4.98 Å². The first-order valence-corrected chi connectivity index (χ1v) is 7.16. The maximum Gasteiger partial charge on any atom is 0.142 e.